The molecule has 1 aliphatic rings. The van der Waals surface area contributed by atoms with E-state index in [2.05, 4.69) is 10.3 Å². The second kappa shape index (κ2) is 10.1. The van der Waals surface area contributed by atoms with Gasteiger partial charge in [-0.15, -0.1) is 0 Å². The zero-order valence-corrected chi connectivity index (χ0v) is 15.7. The number of hydrogen-bond acceptors (Lipinski definition) is 3. The number of benzene rings is 1. The van der Waals surface area contributed by atoms with E-state index in [1.54, 1.807) is 7.05 Å². The maximum Gasteiger partial charge on any atom is 0.193 e. The van der Waals surface area contributed by atoms with Crippen LogP contribution in [0.2, 0.25) is 10.0 Å². The first-order chi connectivity index (χ1) is 11.6. The molecule has 2 rings (SSSR count). The molecule has 5 nitrogen and oxygen atoms in total. The lowest BCUT2D eigenvalue weighted by Crippen LogP contribution is -2.40. The molecule has 0 aliphatic carbocycles. The van der Waals surface area contributed by atoms with Crippen molar-refractivity contribution in [1.82, 2.24) is 10.2 Å². The average Bonchev–Trinajstić information content (AvgIpc) is 3.07. The fourth-order valence-corrected chi connectivity index (χ4v) is 2.92. The molecule has 1 unspecified atom stereocenters. The number of ether oxygens (including phenoxy) is 2. The molecule has 7 heteroatoms. The predicted octanol–water partition coefficient (Wildman–Crippen LogP) is 3.20. The topological polar surface area (TPSA) is 46.1 Å². The van der Waals surface area contributed by atoms with Gasteiger partial charge in [0.1, 0.15) is 0 Å². The van der Waals surface area contributed by atoms with Crippen molar-refractivity contribution in [1.29, 1.82) is 0 Å². The number of guanidine groups is 1. The van der Waals surface area contributed by atoms with Crippen molar-refractivity contribution in [3.8, 4) is 0 Å². The molecular formula is C17H25Cl2N3O2. The number of halogens is 2. The molecule has 24 heavy (non-hydrogen) atoms. The molecule has 134 valence electrons. The average molecular weight is 374 g/mol. The first kappa shape index (κ1) is 19.3. The Balaban J connectivity index is 1.70. The highest BCUT2D eigenvalue weighted by molar-refractivity contribution is 6.42. The number of nitrogens with zero attached hydrogens (tertiary/aromatic N) is 2. The Morgan fingerprint density at radius 1 is 1.42 bits per heavy atom. The smallest absolute Gasteiger partial charge is 0.193 e. The van der Waals surface area contributed by atoms with Gasteiger partial charge in [0.2, 0.25) is 0 Å². The summed E-state index contributed by atoms with van der Waals surface area (Å²) in [7, 11) is 3.74. The van der Waals surface area contributed by atoms with E-state index in [0.717, 1.165) is 31.0 Å². The van der Waals surface area contributed by atoms with Crippen molar-refractivity contribution >= 4 is 29.2 Å². The van der Waals surface area contributed by atoms with Gasteiger partial charge < -0.3 is 19.7 Å². The van der Waals surface area contributed by atoms with E-state index in [4.69, 9.17) is 32.7 Å². The quantitative estimate of drug-likeness (QED) is 0.452. The minimum absolute atomic E-state index is 0.265. The van der Waals surface area contributed by atoms with Gasteiger partial charge in [0.05, 0.1) is 29.4 Å². The highest BCUT2D eigenvalue weighted by Gasteiger charge is 2.15. The third kappa shape index (κ3) is 6.13. The van der Waals surface area contributed by atoms with E-state index in [9.17, 15) is 0 Å². The molecule has 0 amide bonds. The second-order valence-electron chi connectivity index (χ2n) is 5.79. The lowest BCUT2D eigenvalue weighted by atomic mass is 10.2. The van der Waals surface area contributed by atoms with Gasteiger partial charge >= 0.3 is 0 Å². The SMILES string of the molecule is CN=C(NCCOCC1CCCO1)N(C)Cc1ccc(Cl)c(Cl)c1. The number of nitrogens with one attached hydrogen (secondary N) is 1. The van der Waals surface area contributed by atoms with Crippen molar-refractivity contribution in [2.24, 2.45) is 4.99 Å². The number of hydrogen-bond donors (Lipinski definition) is 1. The van der Waals surface area contributed by atoms with E-state index < -0.39 is 0 Å². The van der Waals surface area contributed by atoms with Gasteiger partial charge in [-0.1, -0.05) is 29.3 Å². The monoisotopic (exact) mass is 373 g/mol. The maximum absolute atomic E-state index is 6.06. The molecule has 1 fully saturated rings. The van der Waals surface area contributed by atoms with Crippen LogP contribution in [0.5, 0.6) is 0 Å². The van der Waals surface area contributed by atoms with Gasteiger partial charge in [-0.05, 0) is 30.5 Å². The van der Waals surface area contributed by atoms with Crippen LogP contribution in [0.3, 0.4) is 0 Å². The zero-order valence-electron chi connectivity index (χ0n) is 14.2. The minimum Gasteiger partial charge on any atom is -0.377 e. The Hall–Kier alpha value is -1.01. The number of aliphatic imine (C=N–C) groups is 1. The summed E-state index contributed by atoms with van der Waals surface area (Å²) < 4.78 is 11.2. The molecule has 0 aromatic heterocycles. The molecule has 0 radical (unpaired) electrons. The Kier molecular flexibility index (Phi) is 8.12. The first-order valence-corrected chi connectivity index (χ1v) is 8.91. The summed E-state index contributed by atoms with van der Waals surface area (Å²) in [5, 5.41) is 4.42. The molecule has 0 saturated carbocycles. The van der Waals surface area contributed by atoms with Crippen LogP contribution in [0.25, 0.3) is 0 Å². The maximum atomic E-state index is 6.06. The van der Waals surface area contributed by atoms with Crippen molar-refractivity contribution in [2.75, 3.05) is 40.5 Å². The molecular weight excluding hydrogens is 349 g/mol. The predicted molar refractivity (Wildman–Crippen MR) is 99.1 cm³/mol. The van der Waals surface area contributed by atoms with Crippen molar-refractivity contribution in [2.45, 2.75) is 25.5 Å². The lowest BCUT2D eigenvalue weighted by molar-refractivity contribution is 0.0190. The largest absolute Gasteiger partial charge is 0.377 e. The molecule has 1 N–H and O–H groups in total. The van der Waals surface area contributed by atoms with Gasteiger partial charge in [-0.3, -0.25) is 4.99 Å². The van der Waals surface area contributed by atoms with Crippen LogP contribution in [0, 0.1) is 0 Å². The molecule has 1 aromatic rings. The third-order valence-electron chi connectivity index (χ3n) is 3.83. The fourth-order valence-electron chi connectivity index (χ4n) is 2.60. The van der Waals surface area contributed by atoms with Crippen LogP contribution in [0.4, 0.5) is 0 Å². The van der Waals surface area contributed by atoms with Crippen LogP contribution in [-0.4, -0.2) is 57.4 Å². The molecule has 1 saturated heterocycles. The van der Waals surface area contributed by atoms with Crippen molar-refractivity contribution in [3.05, 3.63) is 33.8 Å². The standard InChI is InChI=1S/C17H25Cl2N3O2/c1-20-17(21-7-9-23-12-14-4-3-8-24-14)22(2)11-13-5-6-15(18)16(19)10-13/h5-6,10,14H,3-4,7-9,11-12H2,1-2H3,(H,20,21). The minimum atomic E-state index is 0.265. The summed E-state index contributed by atoms with van der Waals surface area (Å²) in [6, 6.07) is 5.64. The summed E-state index contributed by atoms with van der Waals surface area (Å²) in [6.07, 6.45) is 2.50. The fraction of sp³-hybridized carbons (Fsp3) is 0.588. The molecule has 1 atom stereocenters. The van der Waals surface area contributed by atoms with Crippen LogP contribution >= 0.6 is 23.2 Å². The molecule has 0 bridgehead atoms. The summed E-state index contributed by atoms with van der Waals surface area (Å²) in [6.45, 7) is 3.54. The Morgan fingerprint density at radius 2 is 2.25 bits per heavy atom. The van der Waals surface area contributed by atoms with Gasteiger partial charge in [-0.25, -0.2) is 0 Å². The Bertz CT molecular complexity index is 549. The summed E-state index contributed by atoms with van der Waals surface area (Å²) in [5.74, 6) is 0.807. The molecule has 0 spiro atoms. The highest BCUT2D eigenvalue weighted by Crippen LogP contribution is 2.23. The molecule has 1 aromatic carbocycles. The van der Waals surface area contributed by atoms with Gasteiger partial charge in [-0.2, -0.15) is 0 Å². The van der Waals surface area contributed by atoms with Crippen LogP contribution in [0.15, 0.2) is 23.2 Å². The zero-order chi connectivity index (χ0) is 17.4. The highest BCUT2D eigenvalue weighted by atomic mass is 35.5. The lowest BCUT2D eigenvalue weighted by Gasteiger charge is -2.22. The van der Waals surface area contributed by atoms with Gasteiger partial charge in [0.25, 0.3) is 0 Å². The number of rotatable bonds is 7. The molecule has 1 heterocycles. The summed E-state index contributed by atoms with van der Waals surface area (Å²) >= 11 is 12.0. The van der Waals surface area contributed by atoms with Crippen LogP contribution in [-0.2, 0) is 16.0 Å². The van der Waals surface area contributed by atoms with E-state index in [-0.39, 0.29) is 6.10 Å². The van der Waals surface area contributed by atoms with E-state index >= 15 is 0 Å². The Labute approximate surface area is 153 Å². The van der Waals surface area contributed by atoms with E-state index in [0.29, 0.717) is 36.3 Å². The van der Waals surface area contributed by atoms with Crippen LogP contribution < -0.4 is 5.32 Å². The second-order valence-corrected chi connectivity index (χ2v) is 6.60. The first-order valence-electron chi connectivity index (χ1n) is 8.15. The normalized spacial score (nSPS) is 18.0. The van der Waals surface area contributed by atoms with E-state index in [1.807, 2.05) is 30.1 Å². The van der Waals surface area contributed by atoms with E-state index in [1.165, 1.54) is 0 Å². The summed E-state index contributed by atoms with van der Waals surface area (Å²) in [4.78, 5) is 6.32. The van der Waals surface area contributed by atoms with Crippen LogP contribution in [0.1, 0.15) is 18.4 Å². The van der Waals surface area contributed by atoms with Crippen molar-refractivity contribution < 1.29 is 9.47 Å². The van der Waals surface area contributed by atoms with Crippen molar-refractivity contribution in [3.63, 3.8) is 0 Å². The van der Waals surface area contributed by atoms with Gasteiger partial charge in [0, 0.05) is 33.8 Å². The van der Waals surface area contributed by atoms with Gasteiger partial charge in [0.15, 0.2) is 5.96 Å². The third-order valence-corrected chi connectivity index (χ3v) is 4.57. The Morgan fingerprint density at radius 3 is 2.92 bits per heavy atom. The summed E-state index contributed by atoms with van der Waals surface area (Å²) in [5.41, 5.74) is 1.07. The molecule has 1 aliphatic heterocycles.